The third-order valence-electron chi connectivity index (χ3n) is 12.5. The Morgan fingerprint density at radius 3 is 2.34 bits per heavy atom. The van der Waals surface area contributed by atoms with Gasteiger partial charge in [0.15, 0.2) is 0 Å². The highest BCUT2D eigenvalue weighted by atomic mass is 16.1. The second-order valence-electron chi connectivity index (χ2n) is 14.1. The quantitative estimate of drug-likeness (QED) is 0.298. The van der Waals surface area contributed by atoms with Gasteiger partial charge in [0.25, 0.3) is 0 Å². The molecule has 4 nitrogen and oxygen atoms in total. The molecule has 5 aliphatic rings. The lowest BCUT2D eigenvalue weighted by Crippen LogP contribution is -2.73. The minimum absolute atomic E-state index is 0.0108. The monoisotopic (exact) mass is 485 g/mol. The number of hydrogen-bond donors (Lipinski definition) is 3. The van der Waals surface area contributed by atoms with Gasteiger partial charge in [-0.15, -0.1) is 0 Å². The lowest BCUT2D eigenvalue weighted by Gasteiger charge is -2.67. The maximum Gasteiger partial charge on any atom is 0.220 e. The molecular formula is C31H55N3O. The minimum Gasteiger partial charge on any atom is -0.353 e. The zero-order valence-electron chi connectivity index (χ0n) is 23.0. The number of nitrogens with one attached hydrogen (secondary N) is 1. The summed E-state index contributed by atoms with van der Waals surface area (Å²) in [6.45, 7) is 5.09. The van der Waals surface area contributed by atoms with E-state index in [1.54, 1.807) is 0 Å². The molecule has 5 rings (SSSR count). The average Bonchev–Trinajstić information content (AvgIpc) is 2.97. The predicted molar refractivity (Wildman–Crippen MR) is 145 cm³/mol. The highest BCUT2D eigenvalue weighted by Crippen LogP contribution is 2.66. The first-order valence-corrected chi connectivity index (χ1v) is 15.6. The van der Waals surface area contributed by atoms with Crippen molar-refractivity contribution in [1.29, 1.82) is 0 Å². The van der Waals surface area contributed by atoms with Crippen molar-refractivity contribution in [3.63, 3.8) is 0 Å². The molecule has 8 atom stereocenters. The Kier molecular flexibility index (Phi) is 7.64. The fraction of sp³-hybridized carbons (Fsp3) is 0.968. The topological polar surface area (TPSA) is 81.1 Å². The Hall–Kier alpha value is -0.610. The van der Waals surface area contributed by atoms with Crippen LogP contribution < -0.4 is 16.8 Å². The van der Waals surface area contributed by atoms with Gasteiger partial charge in [0.2, 0.25) is 5.91 Å². The van der Waals surface area contributed by atoms with Crippen LogP contribution in [0.25, 0.3) is 0 Å². The Labute approximate surface area is 215 Å². The maximum absolute atomic E-state index is 12.5. The van der Waals surface area contributed by atoms with E-state index in [1.807, 2.05) is 0 Å². The average molecular weight is 486 g/mol. The van der Waals surface area contributed by atoms with Crippen LogP contribution in [-0.4, -0.2) is 23.0 Å². The van der Waals surface area contributed by atoms with Crippen LogP contribution in [0, 0.1) is 35.0 Å². The molecule has 4 heteroatoms. The highest BCUT2D eigenvalue weighted by molar-refractivity contribution is 5.76. The highest BCUT2D eigenvalue weighted by Gasteiger charge is 2.66. The lowest BCUT2D eigenvalue weighted by atomic mass is 9.40. The van der Waals surface area contributed by atoms with Crippen molar-refractivity contribution >= 4 is 5.91 Å². The van der Waals surface area contributed by atoms with E-state index >= 15 is 0 Å². The Morgan fingerprint density at radius 1 is 0.829 bits per heavy atom. The minimum atomic E-state index is -0.0201. The fourth-order valence-corrected chi connectivity index (χ4v) is 10.5. The largest absolute Gasteiger partial charge is 0.353 e. The first-order valence-electron chi connectivity index (χ1n) is 15.6. The fourth-order valence-electron chi connectivity index (χ4n) is 10.5. The Balaban J connectivity index is 1.15. The summed E-state index contributed by atoms with van der Waals surface area (Å²) in [6.07, 6.45) is 23.2. The maximum atomic E-state index is 12.5. The number of carbonyl (C=O) groups excluding carboxylic acids is 1. The molecule has 0 radical (unpaired) electrons. The number of unbranched alkanes of at least 4 members (excludes halogenated alkanes) is 1. The van der Waals surface area contributed by atoms with E-state index in [1.165, 1.54) is 89.9 Å². The Bertz CT molecular complexity index is 748. The van der Waals surface area contributed by atoms with Crippen LogP contribution in [-0.2, 0) is 4.79 Å². The zero-order chi connectivity index (χ0) is 24.7. The molecule has 0 spiro atoms. The zero-order valence-corrected chi connectivity index (χ0v) is 23.0. The van der Waals surface area contributed by atoms with Crippen LogP contribution in [0.5, 0.6) is 0 Å². The van der Waals surface area contributed by atoms with E-state index in [0.29, 0.717) is 35.6 Å². The van der Waals surface area contributed by atoms with Crippen LogP contribution in [0.3, 0.4) is 0 Å². The third-order valence-corrected chi connectivity index (χ3v) is 12.5. The standard InChI is InChI=1S/C31H55N3O/c1-22-21-27-26-17-16-23(11-7-8-15-28(35)34-24-12-5-3-4-6-13-24)30(26,32)19-20-31(27,33)29(2)18-10-9-14-25(22)29/h22-27H,3-21,32-33H2,1-2H3,(H,34,35)/t22-,23?,25?,26?,27?,29?,30?,31+/m0/s1. The molecule has 5 aliphatic carbocycles. The molecule has 200 valence electrons. The van der Waals surface area contributed by atoms with Crippen molar-refractivity contribution in [2.75, 3.05) is 0 Å². The first kappa shape index (κ1) is 26.0. The van der Waals surface area contributed by atoms with Gasteiger partial charge in [-0.25, -0.2) is 0 Å². The van der Waals surface area contributed by atoms with Crippen molar-refractivity contribution in [1.82, 2.24) is 5.32 Å². The van der Waals surface area contributed by atoms with Crippen LogP contribution in [0.1, 0.15) is 136 Å². The van der Waals surface area contributed by atoms with Crippen LogP contribution in [0.2, 0.25) is 0 Å². The van der Waals surface area contributed by atoms with Crippen molar-refractivity contribution in [2.45, 2.75) is 153 Å². The first-order chi connectivity index (χ1) is 16.8. The second-order valence-corrected chi connectivity index (χ2v) is 14.1. The van der Waals surface area contributed by atoms with Crippen molar-refractivity contribution in [3.05, 3.63) is 0 Å². The SMILES string of the molecule is C[C@H]1CC2C3CCC(CCCCC(=O)NC4CCCCCC4)C3(N)CC[C@]2(N)C2(C)CCCCC12. The number of nitrogens with two attached hydrogens (primary N) is 2. The number of fused-ring (bicyclic) bond motifs is 5. The van der Waals surface area contributed by atoms with E-state index in [2.05, 4.69) is 19.2 Å². The number of rotatable bonds is 6. The predicted octanol–water partition coefficient (Wildman–Crippen LogP) is 6.45. The van der Waals surface area contributed by atoms with E-state index in [-0.39, 0.29) is 17.0 Å². The summed E-state index contributed by atoms with van der Waals surface area (Å²) in [4.78, 5) is 12.5. The summed E-state index contributed by atoms with van der Waals surface area (Å²) >= 11 is 0. The smallest absolute Gasteiger partial charge is 0.220 e. The molecule has 5 saturated carbocycles. The number of amides is 1. The summed E-state index contributed by atoms with van der Waals surface area (Å²) in [5.41, 5.74) is 15.2. The number of carbonyl (C=O) groups is 1. The summed E-state index contributed by atoms with van der Waals surface area (Å²) < 4.78 is 0. The summed E-state index contributed by atoms with van der Waals surface area (Å²) in [6, 6.07) is 0.426. The third kappa shape index (κ3) is 4.62. The van der Waals surface area contributed by atoms with Crippen LogP contribution >= 0.6 is 0 Å². The second kappa shape index (κ2) is 10.3. The summed E-state index contributed by atoms with van der Waals surface area (Å²) in [5, 5.41) is 3.33. The molecule has 5 fully saturated rings. The van der Waals surface area contributed by atoms with E-state index in [9.17, 15) is 4.79 Å². The van der Waals surface area contributed by atoms with Gasteiger partial charge < -0.3 is 16.8 Å². The molecular weight excluding hydrogens is 430 g/mol. The molecule has 0 aromatic rings. The molecule has 1 amide bonds. The van der Waals surface area contributed by atoms with Crippen LogP contribution in [0.4, 0.5) is 0 Å². The van der Waals surface area contributed by atoms with Gasteiger partial charge in [-0.2, -0.15) is 0 Å². The molecule has 6 unspecified atom stereocenters. The van der Waals surface area contributed by atoms with E-state index < -0.39 is 0 Å². The molecule has 0 heterocycles. The van der Waals surface area contributed by atoms with Gasteiger partial charge in [-0.3, -0.25) is 4.79 Å². The molecule has 5 N–H and O–H groups in total. The van der Waals surface area contributed by atoms with Gasteiger partial charge in [-0.05, 0) is 106 Å². The van der Waals surface area contributed by atoms with Gasteiger partial charge in [0, 0.05) is 23.5 Å². The number of hydrogen-bond acceptors (Lipinski definition) is 3. The van der Waals surface area contributed by atoms with Gasteiger partial charge in [-0.1, -0.05) is 58.8 Å². The molecule has 35 heavy (non-hydrogen) atoms. The van der Waals surface area contributed by atoms with Crippen molar-refractivity contribution < 1.29 is 4.79 Å². The lowest BCUT2D eigenvalue weighted by molar-refractivity contribution is -0.134. The molecule has 0 saturated heterocycles. The van der Waals surface area contributed by atoms with Crippen LogP contribution in [0.15, 0.2) is 0 Å². The van der Waals surface area contributed by atoms with Crippen molar-refractivity contribution in [3.8, 4) is 0 Å². The van der Waals surface area contributed by atoms with Crippen molar-refractivity contribution in [2.24, 2.45) is 46.5 Å². The van der Waals surface area contributed by atoms with Gasteiger partial charge in [0.1, 0.15) is 0 Å². The summed E-state index contributed by atoms with van der Waals surface area (Å²) in [7, 11) is 0. The molecule has 0 bridgehead atoms. The molecule has 0 aromatic carbocycles. The van der Waals surface area contributed by atoms with Gasteiger partial charge in [0.05, 0.1) is 0 Å². The van der Waals surface area contributed by atoms with E-state index in [0.717, 1.165) is 37.5 Å². The molecule has 0 aromatic heterocycles. The summed E-state index contributed by atoms with van der Waals surface area (Å²) in [5.74, 6) is 3.70. The Morgan fingerprint density at radius 2 is 1.57 bits per heavy atom. The van der Waals surface area contributed by atoms with E-state index in [4.69, 9.17) is 11.5 Å². The van der Waals surface area contributed by atoms with Gasteiger partial charge >= 0.3 is 0 Å². The molecule has 0 aliphatic heterocycles. The normalized spacial score (nSPS) is 46.2.